The number of hydrogen-bond acceptors (Lipinski definition) is 3. The Bertz CT molecular complexity index is 890. The van der Waals surface area contributed by atoms with Gasteiger partial charge in [-0.15, -0.1) is 0 Å². The average Bonchev–Trinajstić information content (AvgIpc) is 2.96. The van der Waals surface area contributed by atoms with Crippen molar-refractivity contribution >= 4 is 27.8 Å². The van der Waals surface area contributed by atoms with Crippen molar-refractivity contribution < 1.29 is 17.6 Å². The molecule has 0 unspecified atom stereocenters. The van der Waals surface area contributed by atoms with Crippen LogP contribution in [0.5, 0.6) is 0 Å². The van der Waals surface area contributed by atoms with Crippen LogP contribution in [0.15, 0.2) is 53.4 Å². The van der Waals surface area contributed by atoms with E-state index in [1.165, 1.54) is 18.2 Å². The van der Waals surface area contributed by atoms with E-state index in [0.29, 0.717) is 6.42 Å². The molecule has 3 rings (SSSR count). The largest absolute Gasteiger partial charge is 0.333 e. The summed E-state index contributed by atoms with van der Waals surface area (Å²) in [7, 11) is -3.97. The van der Waals surface area contributed by atoms with Crippen LogP contribution in [0.4, 0.5) is 14.9 Å². The quantitative estimate of drug-likeness (QED) is 0.907. The van der Waals surface area contributed by atoms with Crippen LogP contribution in [0.2, 0.25) is 0 Å². The number of rotatable bonds is 3. The predicted molar refractivity (Wildman–Crippen MR) is 84.9 cm³/mol. The summed E-state index contributed by atoms with van der Waals surface area (Å²) in [5.74, 6) is -0.449. The number of carbonyl (C=O) groups is 1. The SMILES string of the molecule is O=C(Nc1ccc(F)cc1)NS(=O)(=O)c1ccc2c(c1)CC=C2. The summed E-state index contributed by atoms with van der Waals surface area (Å²) in [6.07, 6.45) is 4.52. The van der Waals surface area contributed by atoms with Crippen molar-refractivity contribution in [2.75, 3.05) is 5.32 Å². The molecule has 0 spiro atoms. The number of urea groups is 1. The van der Waals surface area contributed by atoms with Crippen LogP contribution in [0.1, 0.15) is 11.1 Å². The number of hydrogen-bond donors (Lipinski definition) is 2. The fourth-order valence-corrected chi connectivity index (χ4v) is 3.23. The lowest BCUT2D eigenvalue weighted by Gasteiger charge is -2.10. The Kier molecular flexibility index (Phi) is 3.87. The fourth-order valence-electron chi connectivity index (χ4n) is 2.27. The molecule has 5 nitrogen and oxygen atoms in total. The van der Waals surface area contributed by atoms with Gasteiger partial charge in [0, 0.05) is 5.69 Å². The molecule has 0 saturated carbocycles. The number of sulfonamides is 1. The van der Waals surface area contributed by atoms with E-state index >= 15 is 0 Å². The molecule has 7 heteroatoms. The Labute approximate surface area is 132 Å². The standard InChI is InChI=1S/C16H13FN2O3S/c17-13-5-7-14(8-6-13)18-16(20)19-23(21,22)15-9-4-11-2-1-3-12(11)10-15/h1-2,4-10H,3H2,(H2,18,19,20). The number of allylic oxidation sites excluding steroid dienone is 1. The zero-order valence-corrected chi connectivity index (χ0v) is 12.7. The highest BCUT2D eigenvalue weighted by Gasteiger charge is 2.19. The molecule has 118 valence electrons. The molecule has 0 saturated heterocycles. The number of benzene rings is 2. The maximum atomic E-state index is 12.8. The van der Waals surface area contributed by atoms with Gasteiger partial charge in [0.2, 0.25) is 0 Å². The van der Waals surface area contributed by atoms with E-state index in [0.717, 1.165) is 23.3 Å². The van der Waals surface area contributed by atoms with E-state index in [1.807, 2.05) is 16.9 Å². The number of amides is 2. The van der Waals surface area contributed by atoms with Crippen LogP contribution in [-0.2, 0) is 16.4 Å². The molecule has 2 aromatic carbocycles. The van der Waals surface area contributed by atoms with Crippen molar-refractivity contribution in [3.63, 3.8) is 0 Å². The van der Waals surface area contributed by atoms with Gasteiger partial charge in [0.05, 0.1) is 4.90 Å². The molecule has 0 aliphatic heterocycles. The summed E-state index contributed by atoms with van der Waals surface area (Å²) >= 11 is 0. The molecular weight excluding hydrogens is 319 g/mol. The van der Waals surface area contributed by atoms with Crippen molar-refractivity contribution in [2.45, 2.75) is 11.3 Å². The second-order valence-corrected chi connectivity index (χ2v) is 6.72. The van der Waals surface area contributed by atoms with E-state index in [9.17, 15) is 17.6 Å². The molecule has 2 aromatic rings. The molecule has 2 N–H and O–H groups in total. The molecule has 0 bridgehead atoms. The minimum atomic E-state index is -3.97. The molecule has 0 atom stereocenters. The first-order valence-corrected chi connectivity index (χ1v) is 8.31. The topological polar surface area (TPSA) is 75.3 Å². The Morgan fingerprint density at radius 3 is 2.57 bits per heavy atom. The lowest BCUT2D eigenvalue weighted by Crippen LogP contribution is -2.34. The highest BCUT2D eigenvalue weighted by molar-refractivity contribution is 7.90. The minimum absolute atomic E-state index is 0.0224. The van der Waals surface area contributed by atoms with Crippen LogP contribution < -0.4 is 10.0 Å². The number of nitrogens with one attached hydrogen (secondary N) is 2. The smallest absolute Gasteiger partial charge is 0.307 e. The van der Waals surface area contributed by atoms with Gasteiger partial charge in [-0.3, -0.25) is 0 Å². The Morgan fingerprint density at radius 2 is 1.83 bits per heavy atom. The molecule has 23 heavy (non-hydrogen) atoms. The zero-order chi connectivity index (χ0) is 16.4. The summed E-state index contributed by atoms with van der Waals surface area (Å²) in [6, 6.07) is 8.78. The lowest BCUT2D eigenvalue weighted by atomic mass is 10.1. The second kappa shape index (κ2) is 5.85. The third-order valence-electron chi connectivity index (χ3n) is 3.39. The zero-order valence-electron chi connectivity index (χ0n) is 11.9. The van der Waals surface area contributed by atoms with Gasteiger partial charge in [0.1, 0.15) is 5.82 Å². The lowest BCUT2D eigenvalue weighted by molar-refractivity contribution is 0.256. The van der Waals surface area contributed by atoms with Crippen molar-refractivity contribution in [1.29, 1.82) is 0 Å². The first-order chi connectivity index (χ1) is 10.9. The van der Waals surface area contributed by atoms with Crippen LogP contribution in [-0.4, -0.2) is 14.4 Å². The van der Waals surface area contributed by atoms with E-state index < -0.39 is 21.9 Å². The number of fused-ring (bicyclic) bond motifs is 1. The molecule has 2 amide bonds. The molecule has 0 radical (unpaired) electrons. The Hall–Kier alpha value is -2.67. The summed E-state index contributed by atoms with van der Waals surface area (Å²) in [6.45, 7) is 0. The highest BCUT2D eigenvalue weighted by Crippen LogP contribution is 2.22. The maximum absolute atomic E-state index is 12.8. The van der Waals surface area contributed by atoms with E-state index in [1.54, 1.807) is 12.1 Å². The summed E-state index contributed by atoms with van der Waals surface area (Å²) in [4.78, 5) is 11.8. The molecule has 1 aliphatic carbocycles. The second-order valence-electron chi connectivity index (χ2n) is 5.03. The summed E-state index contributed by atoms with van der Waals surface area (Å²) in [5, 5.41) is 2.34. The van der Waals surface area contributed by atoms with Crippen LogP contribution in [0.25, 0.3) is 6.08 Å². The Morgan fingerprint density at radius 1 is 1.09 bits per heavy atom. The van der Waals surface area contributed by atoms with Crippen molar-refractivity contribution in [3.05, 3.63) is 65.5 Å². The maximum Gasteiger partial charge on any atom is 0.333 e. The van der Waals surface area contributed by atoms with Crippen molar-refractivity contribution in [3.8, 4) is 0 Å². The first kappa shape index (κ1) is 15.2. The molecule has 1 aliphatic rings. The molecular formula is C16H13FN2O3S. The number of halogens is 1. The van der Waals surface area contributed by atoms with E-state index in [2.05, 4.69) is 5.32 Å². The minimum Gasteiger partial charge on any atom is -0.307 e. The van der Waals surface area contributed by atoms with E-state index in [4.69, 9.17) is 0 Å². The van der Waals surface area contributed by atoms with Crippen molar-refractivity contribution in [2.24, 2.45) is 0 Å². The van der Waals surface area contributed by atoms with Crippen LogP contribution in [0.3, 0.4) is 0 Å². The van der Waals surface area contributed by atoms with Gasteiger partial charge >= 0.3 is 6.03 Å². The normalized spacial score (nSPS) is 12.7. The Balaban J connectivity index is 1.73. The molecule has 0 heterocycles. The summed E-state index contributed by atoms with van der Waals surface area (Å²) < 4.78 is 39.2. The third-order valence-corrected chi connectivity index (χ3v) is 4.72. The summed E-state index contributed by atoms with van der Waals surface area (Å²) in [5.41, 5.74) is 2.16. The van der Waals surface area contributed by atoms with Gasteiger partial charge in [-0.1, -0.05) is 18.2 Å². The van der Waals surface area contributed by atoms with Crippen LogP contribution >= 0.6 is 0 Å². The van der Waals surface area contributed by atoms with Gasteiger partial charge in [-0.25, -0.2) is 22.3 Å². The fraction of sp³-hybridized carbons (Fsp3) is 0.0625. The predicted octanol–water partition coefficient (Wildman–Crippen LogP) is 2.91. The van der Waals surface area contributed by atoms with Crippen LogP contribution in [0, 0.1) is 5.82 Å². The van der Waals surface area contributed by atoms with Gasteiger partial charge in [0.25, 0.3) is 10.0 Å². The molecule has 0 aromatic heterocycles. The van der Waals surface area contributed by atoms with Gasteiger partial charge in [-0.2, -0.15) is 0 Å². The van der Waals surface area contributed by atoms with Gasteiger partial charge < -0.3 is 5.32 Å². The number of anilines is 1. The van der Waals surface area contributed by atoms with Gasteiger partial charge in [0.15, 0.2) is 0 Å². The van der Waals surface area contributed by atoms with E-state index in [-0.39, 0.29) is 10.6 Å². The van der Waals surface area contributed by atoms with Gasteiger partial charge in [-0.05, 0) is 53.9 Å². The van der Waals surface area contributed by atoms with Crippen molar-refractivity contribution in [1.82, 2.24) is 4.72 Å². The first-order valence-electron chi connectivity index (χ1n) is 6.83. The number of carbonyl (C=O) groups excluding carboxylic acids is 1. The average molecular weight is 332 g/mol. The molecule has 0 fully saturated rings. The highest BCUT2D eigenvalue weighted by atomic mass is 32.2. The monoisotopic (exact) mass is 332 g/mol. The third kappa shape index (κ3) is 3.40.